The number of oxime groups is 1. The first-order chi connectivity index (χ1) is 9.25. The van der Waals surface area contributed by atoms with E-state index in [1.807, 2.05) is 30.3 Å². The Bertz CT molecular complexity index is 541. The van der Waals surface area contributed by atoms with Crippen molar-refractivity contribution in [2.75, 3.05) is 13.2 Å². The Kier molecular flexibility index (Phi) is 2.91. The van der Waals surface area contributed by atoms with Gasteiger partial charge in [0, 0.05) is 6.42 Å². The van der Waals surface area contributed by atoms with E-state index in [1.165, 1.54) is 0 Å². The third-order valence-electron chi connectivity index (χ3n) is 3.08. The van der Waals surface area contributed by atoms with E-state index in [0.29, 0.717) is 12.1 Å². The number of carbonyl (C=O) groups excluding carboxylic acids is 2. The van der Waals surface area contributed by atoms with Crippen LogP contribution in [0.25, 0.3) is 0 Å². The summed E-state index contributed by atoms with van der Waals surface area (Å²) >= 11 is 0. The molecule has 1 saturated heterocycles. The average molecular weight is 260 g/mol. The lowest BCUT2D eigenvalue weighted by Crippen LogP contribution is -2.39. The second-order valence-corrected chi connectivity index (χ2v) is 4.31. The van der Waals surface area contributed by atoms with Gasteiger partial charge in [-0.05, 0) is 5.56 Å². The highest BCUT2D eigenvalue weighted by Crippen LogP contribution is 2.19. The van der Waals surface area contributed by atoms with E-state index >= 15 is 0 Å². The first kappa shape index (κ1) is 11.7. The third kappa shape index (κ3) is 2.16. The van der Waals surface area contributed by atoms with Crippen LogP contribution >= 0.6 is 0 Å². The van der Waals surface area contributed by atoms with Crippen LogP contribution in [0.4, 0.5) is 4.79 Å². The second-order valence-electron chi connectivity index (χ2n) is 4.31. The number of cyclic esters (lactones) is 1. The fourth-order valence-electron chi connectivity index (χ4n) is 2.08. The zero-order valence-electron chi connectivity index (χ0n) is 10.1. The molecule has 0 radical (unpaired) electrons. The monoisotopic (exact) mass is 260 g/mol. The Labute approximate surface area is 109 Å². The Hall–Kier alpha value is -2.37. The fraction of sp³-hybridized carbons (Fsp3) is 0.308. The summed E-state index contributed by atoms with van der Waals surface area (Å²) in [6.07, 6.45) is -0.977. The van der Waals surface area contributed by atoms with Gasteiger partial charge in [-0.2, -0.15) is 0 Å². The molecule has 1 aromatic carbocycles. The molecule has 98 valence electrons. The Morgan fingerprint density at radius 2 is 2.11 bits per heavy atom. The fourth-order valence-corrected chi connectivity index (χ4v) is 2.08. The molecule has 3 rings (SSSR count). The maximum Gasteiger partial charge on any atom is 0.416 e. The van der Waals surface area contributed by atoms with Crippen molar-refractivity contribution in [1.82, 2.24) is 4.90 Å². The summed E-state index contributed by atoms with van der Waals surface area (Å²) in [4.78, 5) is 29.6. The summed E-state index contributed by atoms with van der Waals surface area (Å²) in [5.41, 5.74) is 1.63. The highest BCUT2D eigenvalue weighted by molar-refractivity contribution is 6.05. The number of ether oxygens (including phenoxy) is 1. The molecule has 1 aromatic rings. The number of imide groups is 1. The molecule has 1 atom stereocenters. The summed E-state index contributed by atoms with van der Waals surface area (Å²) in [5, 5.41) is 3.92. The van der Waals surface area contributed by atoms with E-state index in [-0.39, 0.29) is 13.2 Å². The topological polar surface area (TPSA) is 68.2 Å². The lowest BCUT2D eigenvalue weighted by molar-refractivity contribution is -0.138. The minimum atomic E-state index is -0.735. The van der Waals surface area contributed by atoms with Crippen molar-refractivity contribution in [3.05, 3.63) is 35.9 Å². The Morgan fingerprint density at radius 3 is 2.79 bits per heavy atom. The van der Waals surface area contributed by atoms with E-state index in [4.69, 9.17) is 9.57 Å². The predicted molar refractivity (Wildman–Crippen MR) is 65.5 cm³/mol. The summed E-state index contributed by atoms with van der Waals surface area (Å²) in [7, 11) is 0. The lowest BCUT2D eigenvalue weighted by atomic mass is 10.0. The van der Waals surface area contributed by atoms with Crippen LogP contribution in [0, 0.1) is 0 Å². The Morgan fingerprint density at radius 1 is 1.32 bits per heavy atom. The zero-order valence-corrected chi connectivity index (χ0v) is 10.1. The number of hydrogen-bond donors (Lipinski definition) is 0. The maximum atomic E-state index is 12.1. The van der Waals surface area contributed by atoms with Crippen LogP contribution in [0.15, 0.2) is 35.5 Å². The highest BCUT2D eigenvalue weighted by atomic mass is 16.6. The van der Waals surface area contributed by atoms with E-state index in [9.17, 15) is 9.59 Å². The molecule has 2 aliphatic rings. The summed E-state index contributed by atoms with van der Waals surface area (Å²) in [5.74, 6) is -0.391. The van der Waals surface area contributed by atoms with Crippen LogP contribution in [0.5, 0.6) is 0 Å². The van der Waals surface area contributed by atoms with Crippen molar-refractivity contribution >= 4 is 17.7 Å². The predicted octanol–water partition coefficient (Wildman–Crippen LogP) is 1.16. The first-order valence-corrected chi connectivity index (χ1v) is 6.02. The first-order valence-electron chi connectivity index (χ1n) is 6.02. The van der Waals surface area contributed by atoms with Crippen molar-refractivity contribution < 1.29 is 19.2 Å². The summed E-state index contributed by atoms with van der Waals surface area (Å²) < 4.78 is 4.73. The molecular weight excluding hydrogens is 248 g/mol. The van der Waals surface area contributed by atoms with E-state index in [0.717, 1.165) is 10.5 Å². The minimum absolute atomic E-state index is 0.240. The Balaban J connectivity index is 1.68. The molecule has 6 heteroatoms. The van der Waals surface area contributed by atoms with Crippen LogP contribution in [-0.2, 0) is 14.4 Å². The largest absolute Gasteiger partial charge is 0.447 e. The maximum absolute atomic E-state index is 12.1. The molecule has 0 bridgehead atoms. The average Bonchev–Trinajstić information content (AvgIpc) is 3.08. The van der Waals surface area contributed by atoms with Crippen LogP contribution in [0.3, 0.4) is 0 Å². The number of rotatable bonds is 2. The SMILES string of the molecule is O=C1OCCN1C(=O)[C@H]1CC(c2ccccc2)=NO1. The third-order valence-corrected chi connectivity index (χ3v) is 3.08. The van der Waals surface area contributed by atoms with Crippen LogP contribution in [-0.4, -0.2) is 41.9 Å². The van der Waals surface area contributed by atoms with E-state index < -0.39 is 18.1 Å². The molecule has 0 N–H and O–H groups in total. The number of hydrogen-bond acceptors (Lipinski definition) is 5. The van der Waals surface area contributed by atoms with Crippen LogP contribution in [0.1, 0.15) is 12.0 Å². The standard InChI is InChI=1S/C13H12N2O4/c16-12(15-6-7-18-13(15)17)11-8-10(14-19-11)9-4-2-1-3-5-9/h1-5,11H,6-8H2/t11-/m1/s1. The molecular formula is C13H12N2O4. The molecule has 0 unspecified atom stereocenters. The normalized spacial score (nSPS) is 21.9. The van der Waals surface area contributed by atoms with Gasteiger partial charge >= 0.3 is 6.09 Å². The number of amides is 2. The molecule has 19 heavy (non-hydrogen) atoms. The van der Waals surface area contributed by atoms with Gasteiger partial charge in [0.05, 0.1) is 12.3 Å². The van der Waals surface area contributed by atoms with Crippen LogP contribution in [0.2, 0.25) is 0 Å². The van der Waals surface area contributed by atoms with Crippen molar-refractivity contribution in [3.8, 4) is 0 Å². The molecule has 2 aliphatic heterocycles. The van der Waals surface area contributed by atoms with Crippen molar-refractivity contribution in [2.24, 2.45) is 5.16 Å². The molecule has 2 amide bonds. The van der Waals surface area contributed by atoms with Gasteiger partial charge in [0.15, 0.2) is 0 Å². The van der Waals surface area contributed by atoms with Crippen molar-refractivity contribution in [2.45, 2.75) is 12.5 Å². The van der Waals surface area contributed by atoms with Gasteiger partial charge in [-0.1, -0.05) is 35.5 Å². The smallest absolute Gasteiger partial charge is 0.416 e. The van der Waals surface area contributed by atoms with Gasteiger partial charge in [-0.3, -0.25) is 4.79 Å². The highest BCUT2D eigenvalue weighted by Gasteiger charge is 2.38. The number of carbonyl (C=O) groups is 2. The molecule has 1 fully saturated rings. The molecule has 2 heterocycles. The lowest BCUT2D eigenvalue weighted by Gasteiger charge is -2.13. The van der Waals surface area contributed by atoms with Gasteiger partial charge in [0.2, 0.25) is 6.10 Å². The minimum Gasteiger partial charge on any atom is -0.447 e. The summed E-state index contributed by atoms with van der Waals surface area (Å²) in [6, 6.07) is 9.50. The van der Waals surface area contributed by atoms with Gasteiger partial charge in [0.25, 0.3) is 5.91 Å². The van der Waals surface area contributed by atoms with Gasteiger partial charge in [-0.15, -0.1) is 0 Å². The van der Waals surface area contributed by atoms with Crippen molar-refractivity contribution in [1.29, 1.82) is 0 Å². The number of nitrogens with zero attached hydrogens (tertiary/aromatic N) is 2. The molecule has 6 nitrogen and oxygen atoms in total. The quantitative estimate of drug-likeness (QED) is 0.800. The van der Waals surface area contributed by atoms with Gasteiger partial charge < -0.3 is 9.57 Å². The van der Waals surface area contributed by atoms with Crippen LogP contribution < -0.4 is 0 Å². The molecule has 0 saturated carbocycles. The molecule has 0 aliphatic carbocycles. The van der Waals surface area contributed by atoms with Crippen molar-refractivity contribution in [3.63, 3.8) is 0 Å². The number of benzene rings is 1. The zero-order chi connectivity index (χ0) is 13.2. The van der Waals surface area contributed by atoms with E-state index in [2.05, 4.69) is 5.16 Å². The van der Waals surface area contributed by atoms with Gasteiger partial charge in [0.1, 0.15) is 6.61 Å². The summed E-state index contributed by atoms with van der Waals surface area (Å²) in [6.45, 7) is 0.516. The molecule has 0 spiro atoms. The van der Waals surface area contributed by atoms with Gasteiger partial charge in [-0.25, -0.2) is 9.69 Å². The molecule has 0 aromatic heterocycles. The van der Waals surface area contributed by atoms with E-state index in [1.54, 1.807) is 0 Å². The second kappa shape index (κ2) is 4.72.